The molecule has 1 unspecified atom stereocenters. The molecule has 0 aliphatic carbocycles. The molecule has 0 heterocycles. The number of hydrogen-bond donors (Lipinski definition) is 1. The van der Waals surface area contributed by atoms with Gasteiger partial charge in [-0.15, -0.1) is 0 Å². The number of amides is 2. The molecule has 2 amide bonds. The van der Waals surface area contributed by atoms with E-state index in [0.29, 0.717) is 49.2 Å². The summed E-state index contributed by atoms with van der Waals surface area (Å²) < 4.78 is 6.74. The molecule has 0 radical (unpaired) electrons. The molecular formula is C30H34BrClN2O3. The number of halogens is 2. The highest BCUT2D eigenvalue weighted by atomic mass is 79.9. The molecule has 3 rings (SSSR count). The van der Waals surface area contributed by atoms with Gasteiger partial charge in [0.2, 0.25) is 11.8 Å². The molecule has 0 bridgehead atoms. The second-order valence-corrected chi connectivity index (χ2v) is 10.8. The molecule has 5 nitrogen and oxygen atoms in total. The number of rotatable bonds is 13. The van der Waals surface area contributed by atoms with E-state index < -0.39 is 6.04 Å². The van der Waals surface area contributed by atoms with Gasteiger partial charge in [0.1, 0.15) is 11.8 Å². The fourth-order valence-electron chi connectivity index (χ4n) is 3.85. The monoisotopic (exact) mass is 584 g/mol. The maximum absolute atomic E-state index is 13.6. The van der Waals surface area contributed by atoms with Crippen LogP contribution in [0.2, 0.25) is 5.02 Å². The van der Waals surface area contributed by atoms with Crippen LogP contribution in [0.3, 0.4) is 0 Å². The zero-order valence-electron chi connectivity index (χ0n) is 21.3. The van der Waals surface area contributed by atoms with Gasteiger partial charge in [0.05, 0.1) is 6.61 Å². The van der Waals surface area contributed by atoms with Gasteiger partial charge in [-0.1, -0.05) is 83.8 Å². The van der Waals surface area contributed by atoms with Crippen molar-refractivity contribution < 1.29 is 14.3 Å². The first-order chi connectivity index (χ1) is 17.8. The van der Waals surface area contributed by atoms with Gasteiger partial charge in [0.15, 0.2) is 0 Å². The molecule has 1 N–H and O–H groups in total. The minimum atomic E-state index is -0.630. The Bertz CT molecular complexity index is 1120. The molecule has 0 aliphatic rings. The van der Waals surface area contributed by atoms with E-state index in [9.17, 15) is 9.59 Å². The average molecular weight is 586 g/mol. The molecule has 3 aromatic rings. The first kappa shape index (κ1) is 28.7. The maximum atomic E-state index is 13.6. The summed E-state index contributed by atoms with van der Waals surface area (Å²) in [5.74, 6) is 0.796. The third-order valence-electron chi connectivity index (χ3n) is 5.84. The van der Waals surface area contributed by atoms with Crippen LogP contribution in [-0.2, 0) is 22.6 Å². The molecule has 0 aliphatic heterocycles. The van der Waals surface area contributed by atoms with E-state index >= 15 is 0 Å². The van der Waals surface area contributed by atoms with Gasteiger partial charge in [-0.25, -0.2) is 0 Å². The van der Waals surface area contributed by atoms with Crippen LogP contribution in [0.15, 0.2) is 83.3 Å². The van der Waals surface area contributed by atoms with Crippen molar-refractivity contribution >= 4 is 39.3 Å². The normalized spacial score (nSPS) is 11.7. The van der Waals surface area contributed by atoms with E-state index in [4.69, 9.17) is 16.3 Å². The molecule has 3 aromatic carbocycles. The number of hydrogen-bond acceptors (Lipinski definition) is 3. The summed E-state index contributed by atoms with van der Waals surface area (Å²) in [6.07, 6.45) is 1.24. The van der Waals surface area contributed by atoms with E-state index in [1.54, 1.807) is 29.2 Å². The van der Waals surface area contributed by atoms with Crippen molar-refractivity contribution in [3.63, 3.8) is 0 Å². The lowest BCUT2D eigenvalue weighted by Gasteiger charge is -2.32. The van der Waals surface area contributed by atoms with Gasteiger partial charge in [0.25, 0.3) is 0 Å². The third-order valence-corrected chi connectivity index (χ3v) is 6.62. The summed E-state index contributed by atoms with van der Waals surface area (Å²) in [7, 11) is 0. The molecule has 37 heavy (non-hydrogen) atoms. The predicted octanol–water partition coefficient (Wildman–Crippen LogP) is 6.67. The van der Waals surface area contributed by atoms with Crippen LogP contribution in [0.25, 0.3) is 0 Å². The SMILES string of the molecule is CC(C)CNC(=O)C(Cc1ccccc1)N(Cc1ccc(Br)cc1)C(=O)CCCOc1ccc(Cl)cc1. The van der Waals surface area contributed by atoms with Crippen molar-refractivity contribution in [1.82, 2.24) is 10.2 Å². The van der Waals surface area contributed by atoms with Crippen LogP contribution in [-0.4, -0.2) is 35.9 Å². The lowest BCUT2D eigenvalue weighted by Crippen LogP contribution is -2.51. The van der Waals surface area contributed by atoms with Gasteiger partial charge in [-0.2, -0.15) is 0 Å². The Kier molecular flexibility index (Phi) is 11.5. The zero-order valence-corrected chi connectivity index (χ0v) is 23.7. The van der Waals surface area contributed by atoms with Crippen LogP contribution in [0.1, 0.15) is 37.8 Å². The van der Waals surface area contributed by atoms with Crippen molar-refractivity contribution in [1.29, 1.82) is 0 Å². The van der Waals surface area contributed by atoms with E-state index in [0.717, 1.165) is 15.6 Å². The summed E-state index contributed by atoms with van der Waals surface area (Å²) in [6.45, 7) is 5.40. The number of ether oxygens (including phenoxy) is 1. The summed E-state index contributed by atoms with van der Waals surface area (Å²) in [6, 6.07) is 24.2. The molecule has 0 fully saturated rings. The number of nitrogens with one attached hydrogen (secondary N) is 1. The fourth-order valence-corrected chi connectivity index (χ4v) is 4.24. The highest BCUT2D eigenvalue weighted by Gasteiger charge is 2.30. The molecule has 0 saturated heterocycles. The first-order valence-corrected chi connectivity index (χ1v) is 13.7. The molecular weight excluding hydrogens is 552 g/mol. The average Bonchev–Trinajstić information content (AvgIpc) is 2.89. The van der Waals surface area contributed by atoms with E-state index in [-0.39, 0.29) is 18.2 Å². The largest absolute Gasteiger partial charge is 0.494 e. The lowest BCUT2D eigenvalue weighted by molar-refractivity contribution is -0.141. The van der Waals surface area contributed by atoms with Crippen LogP contribution in [0.5, 0.6) is 5.75 Å². The Morgan fingerprint density at radius 3 is 2.27 bits per heavy atom. The summed E-state index contributed by atoms with van der Waals surface area (Å²) >= 11 is 9.41. The highest BCUT2D eigenvalue weighted by Crippen LogP contribution is 2.19. The molecule has 196 valence electrons. The minimum absolute atomic E-state index is 0.0803. The van der Waals surface area contributed by atoms with Crippen molar-refractivity contribution in [2.24, 2.45) is 5.92 Å². The van der Waals surface area contributed by atoms with E-state index in [1.165, 1.54) is 0 Å². The maximum Gasteiger partial charge on any atom is 0.243 e. The minimum Gasteiger partial charge on any atom is -0.494 e. The lowest BCUT2D eigenvalue weighted by atomic mass is 10.0. The number of nitrogens with zero attached hydrogens (tertiary/aromatic N) is 1. The molecule has 0 saturated carbocycles. The fraction of sp³-hybridized carbons (Fsp3) is 0.333. The number of carbonyl (C=O) groups is 2. The standard InChI is InChI=1S/C30H34BrClN2O3/c1-22(2)20-33-30(36)28(19-23-7-4-3-5-8-23)34(21-24-10-12-25(31)13-11-24)29(35)9-6-18-37-27-16-14-26(32)15-17-27/h3-5,7-8,10-17,22,28H,6,9,18-21H2,1-2H3,(H,33,36). The van der Waals surface area contributed by atoms with Gasteiger partial charge in [-0.05, 0) is 59.9 Å². The van der Waals surface area contributed by atoms with Crippen LogP contribution in [0, 0.1) is 5.92 Å². The van der Waals surface area contributed by atoms with Gasteiger partial charge < -0.3 is 15.0 Å². The van der Waals surface area contributed by atoms with Gasteiger partial charge in [0, 0.05) is 35.4 Å². The third kappa shape index (κ3) is 9.86. The van der Waals surface area contributed by atoms with Crippen molar-refractivity contribution in [2.45, 2.75) is 45.7 Å². The van der Waals surface area contributed by atoms with E-state index in [2.05, 4.69) is 35.1 Å². The quantitative estimate of drug-likeness (QED) is 0.228. The first-order valence-electron chi connectivity index (χ1n) is 12.6. The van der Waals surface area contributed by atoms with Crippen LogP contribution >= 0.6 is 27.5 Å². The predicted molar refractivity (Wildman–Crippen MR) is 153 cm³/mol. The summed E-state index contributed by atoms with van der Waals surface area (Å²) in [5.41, 5.74) is 1.97. The topological polar surface area (TPSA) is 58.6 Å². The Morgan fingerprint density at radius 1 is 0.946 bits per heavy atom. The van der Waals surface area contributed by atoms with Crippen molar-refractivity contribution in [3.8, 4) is 5.75 Å². The molecule has 0 aromatic heterocycles. The second kappa shape index (κ2) is 14.8. The second-order valence-electron chi connectivity index (χ2n) is 9.40. The number of benzene rings is 3. The van der Waals surface area contributed by atoms with Crippen LogP contribution in [0.4, 0.5) is 0 Å². The Labute approximate surface area is 233 Å². The smallest absolute Gasteiger partial charge is 0.243 e. The van der Waals surface area contributed by atoms with E-state index in [1.807, 2.05) is 54.6 Å². The van der Waals surface area contributed by atoms with Gasteiger partial charge >= 0.3 is 0 Å². The Morgan fingerprint density at radius 2 is 1.62 bits per heavy atom. The van der Waals surface area contributed by atoms with Gasteiger partial charge in [-0.3, -0.25) is 9.59 Å². The molecule has 7 heteroatoms. The number of carbonyl (C=O) groups excluding carboxylic acids is 2. The Balaban J connectivity index is 1.77. The van der Waals surface area contributed by atoms with Crippen molar-refractivity contribution in [2.75, 3.05) is 13.2 Å². The van der Waals surface area contributed by atoms with Crippen LogP contribution < -0.4 is 10.1 Å². The summed E-state index contributed by atoms with van der Waals surface area (Å²) in [4.78, 5) is 28.8. The summed E-state index contributed by atoms with van der Waals surface area (Å²) in [5, 5.41) is 3.69. The highest BCUT2D eigenvalue weighted by molar-refractivity contribution is 9.10. The molecule has 1 atom stereocenters. The zero-order chi connectivity index (χ0) is 26.6. The Hall–Kier alpha value is -2.83. The van der Waals surface area contributed by atoms with Crippen molar-refractivity contribution in [3.05, 3.63) is 99.5 Å². The molecule has 0 spiro atoms.